The third kappa shape index (κ3) is 3.17. The van der Waals surface area contributed by atoms with Crippen molar-refractivity contribution in [2.75, 3.05) is 13.2 Å². The lowest BCUT2D eigenvalue weighted by Gasteiger charge is -2.31. The van der Waals surface area contributed by atoms with Gasteiger partial charge in [-0.25, -0.2) is 0 Å². The molecule has 1 atom stereocenters. The van der Waals surface area contributed by atoms with E-state index < -0.39 is 5.60 Å². The van der Waals surface area contributed by atoms with Crippen LogP contribution < -0.4 is 10.5 Å². The SMILES string of the molecule is CCCOc1cncc(C(O)(CN)C(C)C)c1. The molecule has 17 heavy (non-hydrogen) atoms. The number of ether oxygens (including phenoxy) is 1. The lowest BCUT2D eigenvalue weighted by atomic mass is 9.84. The summed E-state index contributed by atoms with van der Waals surface area (Å²) in [6.45, 7) is 6.73. The third-order valence-electron chi connectivity index (χ3n) is 2.95. The van der Waals surface area contributed by atoms with E-state index in [-0.39, 0.29) is 12.5 Å². The maximum Gasteiger partial charge on any atom is 0.137 e. The van der Waals surface area contributed by atoms with Crippen molar-refractivity contribution in [1.29, 1.82) is 0 Å². The summed E-state index contributed by atoms with van der Waals surface area (Å²) < 4.78 is 5.50. The summed E-state index contributed by atoms with van der Waals surface area (Å²) in [6, 6.07) is 1.82. The number of nitrogens with zero attached hydrogens (tertiary/aromatic N) is 1. The van der Waals surface area contributed by atoms with E-state index in [4.69, 9.17) is 10.5 Å². The Morgan fingerprint density at radius 1 is 1.47 bits per heavy atom. The Morgan fingerprint density at radius 3 is 2.71 bits per heavy atom. The van der Waals surface area contributed by atoms with E-state index in [0.29, 0.717) is 17.9 Å². The molecule has 96 valence electrons. The molecule has 4 heteroatoms. The van der Waals surface area contributed by atoms with Crippen LogP contribution in [-0.2, 0) is 5.60 Å². The smallest absolute Gasteiger partial charge is 0.137 e. The zero-order chi connectivity index (χ0) is 12.9. The van der Waals surface area contributed by atoms with E-state index in [1.54, 1.807) is 12.4 Å². The van der Waals surface area contributed by atoms with Crippen LogP contribution in [0.15, 0.2) is 18.5 Å². The molecule has 0 aliphatic carbocycles. The minimum Gasteiger partial charge on any atom is -0.492 e. The summed E-state index contributed by atoms with van der Waals surface area (Å²) in [5.74, 6) is 0.701. The van der Waals surface area contributed by atoms with Crippen molar-refractivity contribution in [3.8, 4) is 5.75 Å². The molecule has 4 nitrogen and oxygen atoms in total. The highest BCUT2D eigenvalue weighted by Gasteiger charge is 2.32. The number of hydrogen-bond acceptors (Lipinski definition) is 4. The fourth-order valence-electron chi connectivity index (χ4n) is 1.64. The normalized spacial score (nSPS) is 14.7. The van der Waals surface area contributed by atoms with Gasteiger partial charge in [0.15, 0.2) is 0 Å². The van der Waals surface area contributed by atoms with Gasteiger partial charge < -0.3 is 15.6 Å². The van der Waals surface area contributed by atoms with E-state index in [0.717, 1.165) is 6.42 Å². The second kappa shape index (κ2) is 5.98. The molecule has 0 aliphatic rings. The van der Waals surface area contributed by atoms with Gasteiger partial charge in [0.05, 0.1) is 12.8 Å². The topological polar surface area (TPSA) is 68.4 Å². The Morgan fingerprint density at radius 2 is 2.18 bits per heavy atom. The maximum atomic E-state index is 10.5. The molecule has 0 fully saturated rings. The van der Waals surface area contributed by atoms with Crippen LogP contribution in [0.1, 0.15) is 32.8 Å². The van der Waals surface area contributed by atoms with Gasteiger partial charge in [-0.15, -0.1) is 0 Å². The summed E-state index contributed by atoms with van der Waals surface area (Å²) in [7, 11) is 0. The standard InChI is InChI=1S/C13H22N2O2/c1-4-5-17-12-6-11(7-15-8-12)13(16,9-14)10(2)3/h6-8,10,16H,4-5,9,14H2,1-3H3. The van der Waals surface area contributed by atoms with Crippen LogP contribution in [0.2, 0.25) is 0 Å². The molecule has 0 aliphatic heterocycles. The molecule has 0 aromatic carbocycles. The Labute approximate surface area is 103 Å². The van der Waals surface area contributed by atoms with Crippen LogP contribution in [0.5, 0.6) is 5.75 Å². The molecule has 0 amide bonds. The van der Waals surface area contributed by atoms with Crippen LogP contribution in [0.4, 0.5) is 0 Å². The van der Waals surface area contributed by atoms with E-state index in [2.05, 4.69) is 4.98 Å². The van der Waals surface area contributed by atoms with E-state index in [1.807, 2.05) is 26.8 Å². The first-order valence-corrected chi connectivity index (χ1v) is 6.05. The number of aromatic nitrogens is 1. The van der Waals surface area contributed by atoms with Gasteiger partial charge >= 0.3 is 0 Å². The average Bonchev–Trinajstić information content (AvgIpc) is 2.35. The monoisotopic (exact) mass is 238 g/mol. The predicted octanol–water partition coefficient (Wildman–Crippen LogP) is 1.67. The van der Waals surface area contributed by atoms with Gasteiger partial charge in [-0.3, -0.25) is 4.98 Å². The van der Waals surface area contributed by atoms with Crippen molar-refractivity contribution < 1.29 is 9.84 Å². The van der Waals surface area contributed by atoms with Crippen molar-refractivity contribution >= 4 is 0 Å². The first-order chi connectivity index (χ1) is 8.04. The predicted molar refractivity (Wildman–Crippen MR) is 67.8 cm³/mol. The highest BCUT2D eigenvalue weighted by molar-refractivity contribution is 5.29. The molecular weight excluding hydrogens is 216 g/mol. The Kier molecular flexibility index (Phi) is 4.90. The summed E-state index contributed by atoms with van der Waals surface area (Å²) in [6.07, 6.45) is 4.23. The number of rotatable bonds is 6. The molecule has 0 bridgehead atoms. The Balaban J connectivity index is 2.97. The minimum atomic E-state index is -1.04. The van der Waals surface area contributed by atoms with Crippen molar-refractivity contribution in [1.82, 2.24) is 4.98 Å². The highest BCUT2D eigenvalue weighted by atomic mass is 16.5. The van der Waals surface area contributed by atoms with Crippen LogP contribution >= 0.6 is 0 Å². The van der Waals surface area contributed by atoms with Gasteiger partial charge in [-0.05, 0) is 18.4 Å². The van der Waals surface area contributed by atoms with Gasteiger partial charge in [-0.1, -0.05) is 20.8 Å². The maximum absolute atomic E-state index is 10.5. The summed E-state index contributed by atoms with van der Waals surface area (Å²) in [5, 5.41) is 10.5. The summed E-state index contributed by atoms with van der Waals surface area (Å²) >= 11 is 0. The Hall–Kier alpha value is -1.13. The van der Waals surface area contributed by atoms with Crippen LogP contribution in [0, 0.1) is 5.92 Å². The molecule has 1 aromatic rings. The molecule has 0 saturated carbocycles. The van der Waals surface area contributed by atoms with Gasteiger partial charge in [0.1, 0.15) is 11.4 Å². The Bertz CT molecular complexity index is 355. The highest BCUT2D eigenvalue weighted by Crippen LogP contribution is 2.29. The first-order valence-electron chi connectivity index (χ1n) is 6.05. The number of hydrogen-bond donors (Lipinski definition) is 2. The number of pyridine rings is 1. The molecule has 1 rings (SSSR count). The lowest BCUT2D eigenvalue weighted by molar-refractivity contribution is -0.00166. The van der Waals surface area contributed by atoms with E-state index in [1.165, 1.54) is 0 Å². The quantitative estimate of drug-likeness (QED) is 0.791. The molecule has 0 radical (unpaired) electrons. The third-order valence-corrected chi connectivity index (χ3v) is 2.95. The van der Waals surface area contributed by atoms with E-state index in [9.17, 15) is 5.11 Å². The van der Waals surface area contributed by atoms with Crippen LogP contribution in [0.25, 0.3) is 0 Å². The average molecular weight is 238 g/mol. The molecule has 0 saturated heterocycles. The van der Waals surface area contributed by atoms with Crippen molar-refractivity contribution in [3.05, 3.63) is 24.0 Å². The fraction of sp³-hybridized carbons (Fsp3) is 0.615. The largest absolute Gasteiger partial charge is 0.492 e. The van der Waals surface area contributed by atoms with Crippen molar-refractivity contribution in [3.63, 3.8) is 0 Å². The summed E-state index contributed by atoms with van der Waals surface area (Å²) in [5.41, 5.74) is 5.34. The van der Waals surface area contributed by atoms with Crippen molar-refractivity contribution in [2.24, 2.45) is 11.7 Å². The van der Waals surface area contributed by atoms with Gasteiger partial charge in [0.25, 0.3) is 0 Å². The van der Waals surface area contributed by atoms with Crippen molar-refractivity contribution in [2.45, 2.75) is 32.8 Å². The second-order valence-electron chi connectivity index (χ2n) is 4.54. The molecule has 1 aromatic heterocycles. The van der Waals surface area contributed by atoms with Crippen LogP contribution in [0.3, 0.4) is 0 Å². The first kappa shape index (κ1) is 13.9. The van der Waals surface area contributed by atoms with Gasteiger partial charge in [-0.2, -0.15) is 0 Å². The van der Waals surface area contributed by atoms with E-state index >= 15 is 0 Å². The van der Waals surface area contributed by atoms with Gasteiger partial charge in [0, 0.05) is 18.3 Å². The number of nitrogens with two attached hydrogens (primary N) is 1. The number of aliphatic hydroxyl groups is 1. The van der Waals surface area contributed by atoms with Gasteiger partial charge in [0.2, 0.25) is 0 Å². The zero-order valence-electron chi connectivity index (χ0n) is 10.8. The molecule has 1 heterocycles. The lowest BCUT2D eigenvalue weighted by Crippen LogP contribution is -2.40. The molecule has 0 spiro atoms. The fourth-order valence-corrected chi connectivity index (χ4v) is 1.64. The molecular formula is C13H22N2O2. The summed E-state index contributed by atoms with van der Waals surface area (Å²) in [4.78, 5) is 4.09. The molecule has 3 N–H and O–H groups in total. The zero-order valence-corrected chi connectivity index (χ0v) is 10.8. The minimum absolute atomic E-state index is 0.0238. The molecule has 1 unspecified atom stereocenters. The van der Waals surface area contributed by atoms with Crippen LogP contribution in [-0.4, -0.2) is 23.2 Å². The second-order valence-corrected chi connectivity index (χ2v) is 4.54.